The van der Waals surface area contributed by atoms with E-state index in [1.807, 2.05) is 6.92 Å². The molecule has 0 aliphatic heterocycles. The van der Waals surface area contributed by atoms with Crippen molar-refractivity contribution in [1.29, 1.82) is 0 Å². The lowest BCUT2D eigenvalue weighted by Gasteiger charge is -2.13. The molecule has 1 unspecified atom stereocenters. The first-order valence-corrected chi connectivity index (χ1v) is 5.37. The molecule has 0 aliphatic carbocycles. The van der Waals surface area contributed by atoms with E-state index in [0.29, 0.717) is 12.0 Å². The molecular weight excluding hydrogens is 209 g/mol. The fraction of sp³-hybridized carbons (Fsp3) is 0.500. The average molecular weight is 225 g/mol. The van der Waals surface area contributed by atoms with Crippen LogP contribution in [0.3, 0.4) is 0 Å². The topological polar surface area (TPSA) is 39.2 Å². The van der Waals surface area contributed by atoms with Gasteiger partial charge in [0.2, 0.25) is 0 Å². The Morgan fingerprint density at radius 2 is 2.31 bits per heavy atom. The van der Waals surface area contributed by atoms with E-state index in [-0.39, 0.29) is 5.97 Å². The number of halogens is 1. The molecule has 0 aliphatic rings. The number of unbranched alkanes of at least 4 members (excludes halogenated alkanes) is 1. The number of nitrogens with zero attached hydrogens (tertiary/aromatic N) is 1. The number of carbonyl (C=O) groups is 1. The van der Waals surface area contributed by atoms with Gasteiger partial charge in [0, 0.05) is 6.20 Å². The monoisotopic (exact) mass is 225 g/mol. The molecule has 0 bridgehead atoms. The molecule has 3 nitrogen and oxygen atoms in total. The maximum atomic E-state index is 13.0. The third kappa shape index (κ3) is 3.29. The maximum Gasteiger partial charge on any atom is 0.313 e. The van der Waals surface area contributed by atoms with Crippen molar-refractivity contribution in [2.75, 3.05) is 7.11 Å². The van der Waals surface area contributed by atoms with Crippen molar-refractivity contribution in [2.24, 2.45) is 0 Å². The first-order chi connectivity index (χ1) is 7.69. The van der Waals surface area contributed by atoms with Crippen molar-refractivity contribution in [3.8, 4) is 0 Å². The number of hydrogen-bond donors (Lipinski definition) is 0. The predicted octanol–water partition coefficient (Wildman–Crippen LogP) is 2.67. The Labute approximate surface area is 94.6 Å². The van der Waals surface area contributed by atoms with Crippen molar-refractivity contribution >= 4 is 5.97 Å². The fourth-order valence-electron chi connectivity index (χ4n) is 1.59. The lowest BCUT2D eigenvalue weighted by atomic mass is 9.95. The molecule has 0 N–H and O–H groups in total. The summed E-state index contributed by atoms with van der Waals surface area (Å²) in [6.45, 7) is 2.04. The summed E-state index contributed by atoms with van der Waals surface area (Å²) in [5.74, 6) is -1.17. The summed E-state index contributed by atoms with van der Waals surface area (Å²) >= 11 is 0. The minimum Gasteiger partial charge on any atom is -0.469 e. The quantitative estimate of drug-likeness (QED) is 0.723. The molecule has 0 saturated carbocycles. The summed E-state index contributed by atoms with van der Waals surface area (Å²) in [7, 11) is 1.34. The van der Waals surface area contributed by atoms with E-state index in [9.17, 15) is 9.18 Å². The molecule has 1 heterocycles. The lowest BCUT2D eigenvalue weighted by molar-refractivity contribution is -0.142. The van der Waals surface area contributed by atoms with Crippen LogP contribution in [0.2, 0.25) is 0 Å². The normalized spacial score (nSPS) is 12.2. The zero-order chi connectivity index (χ0) is 12.0. The second-order valence-electron chi connectivity index (χ2n) is 3.65. The largest absolute Gasteiger partial charge is 0.469 e. The molecule has 0 saturated heterocycles. The highest BCUT2D eigenvalue weighted by atomic mass is 19.1. The summed E-state index contributed by atoms with van der Waals surface area (Å²) in [4.78, 5) is 15.3. The van der Waals surface area contributed by atoms with Crippen LogP contribution in [0.4, 0.5) is 4.39 Å². The zero-order valence-corrected chi connectivity index (χ0v) is 9.57. The molecule has 0 spiro atoms. The predicted molar refractivity (Wildman–Crippen MR) is 58.5 cm³/mol. The van der Waals surface area contributed by atoms with E-state index in [4.69, 9.17) is 4.74 Å². The van der Waals surface area contributed by atoms with Crippen LogP contribution in [0.25, 0.3) is 0 Å². The highest BCUT2D eigenvalue weighted by molar-refractivity contribution is 5.77. The highest BCUT2D eigenvalue weighted by Gasteiger charge is 2.21. The van der Waals surface area contributed by atoms with Crippen LogP contribution < -0.4 is 0 Å². The third-order valence-electron chi connectivity index (χ3n) is 2.46. The number of esters is 1. The third-order valence-corrected chi connectivity index (χ3v) is 2.46. The fourth-order valence-corrected chi connectivity index (χ4v) is 1.59. The van der Waals surface area contributed by atoms with E-state index in [1.165, 1.54) is 19.4 Å². The SMILES string of the molecule is CCCCC(C(=O)OC)c1cncc(F)c1. The van der Waals surface area contributed by atoms with Crippen LogP contribution >= 0.6 is 0 Å². The summed E-state index contributed by atoms with van der Waals surface area (Å²) in [6.07, 6.45) is 5.18. The van der Waals surface area contributed by atoms with Crippen LogP contribution in [0, 0.1) is 5.82 Å². The minimum absolute atomic E-state index is 0.333. The lowest BCUT2D eigenvalue weighted by Crippen LogP contribution is -2.14. The van der Waals surface area contributed by atoms with Gasteiger partial charge in [0.05, 0.1) is 19.2 Å². The van der Waals surface area contributed by atoms with E-state index < -0.39 is 11.7 Å². The molecule has 16 heavy (non-hydrogen) atoms. The summed E-state index contributed by atoms with van der Waals surface area (Å²) < 4.78 is 17.7. The zero-order valence-electron chi connectivity index (χ0n) is 9.57. The van der Waals surface area contributed by atoms with Gasteiger partial charge in [0.1, 0.15) is 5.82 Å². The molecule has 1 rings (SSSR count). The molecule has 0 radical (unpaired) electrons. The van der Waals surface area contributed by atoms with Crippen LogP contribution in [0.15, 0.2) is 18.5 Å². The Morgan fingerprint density at radius 3 is 2.88 bits per heavy atom. The van der Waals surface area contributed by atoms with Crippen molar-refractivity contribution in [3.63, 3.8) is 0 Å². The minimum atomic E-state index is -0.428. The Bertz CT molecular complexity index is 355. The van der Waals surface area contributed by atoms with Crippen LogP contribution in [-0.2, 0) is 9.53 Å². The van der Waals surface area contributed by atoms with Gasteiger partial charge >= 0.3 is 5.97 Å². The van der Waals surface area contributed by atoms with E-state index in [1.54, 1.807) is 0 Å². The van der Waals surface area contributed by atoms with Crippen LogP contribution in [-0.4, -0.2) is 18.1 Å². The van der Waals surface area contributed by atoms with E-state index in [2.05, 4.69) is 4.98 Å². The van der Waals surface area contributed by atoms with Gasteiger partial charge in [-0.3, -0.25) is 9.78 Å². The standard InChI is InChI=1S/C12H16FNO2/c1-3-4-5-11(12(15)16-2)9-6-10(13)8-14-7-9/h6-8,11H,3-5H2,1-2H3. The Kier molecular flexibility index (Phi) is 4.89. The molecular formula is C12H16FNO2. The average Bonchev–Trinajstić information content (AvgIpc) is 2.29. The van der Waals surface area contributed by atoms with Gasteiger partial charge in [-0.2, -0.15) is 0 Å². The molecule has 1 atom stereocenters. The Hall–Kier alpha value is -1.45. The number of aromatic nitrogens is 1. The van der Waals surface area contributed by atoms with Gasteiger partial charge in [-0.25, -0.2) is 4.39 Å². The summed E-state index contributed by atoms with van der Waals surface area (Å²) in [6, 6.07) is 1.34. The number of rotatable bonds is 5. The molecule has 0 aromatic carbocycles. The number of hydrogen-bond acceptors (Lipinski definition) is 3. The van der Waals surface area contributed by atoms with Crippen LogP contribution in [0.5, 0.6) is 0 Å². The molecule has 0 fully saturated rings. The Morgan fingerprint density at radius 1 is 1.56 bits per heavy atom. The number of ether oxygens (including phenoxy) is 1. The Balaban J connectivity index is 2.87. The summed E-state index contributed by atoms with van der Waals surface area (Å²) in [5.41, 5.74) is 0.584. The van der Waals surface area contributed by atoms with Gasteiger partial charge < -0.3 is 4.74 Å². The van der Waals surface area contributed by atoms with Crippen molar-refractivity contribution in [3.05, 3.63) is 29.8 Å². The van der Waals surface area contributed by atoms with Crippen molar-refractivity contribution in [2.45, 2.75) is 32.1 Å². The molecule has 88 valence electrons. The number of pyridine rings is 1. The number of carbonyl (C=O) groups excluding carboxylic acids is 1. The smallest absolute Gasteiger partial charge is 0.313 e. The summed E-state index contributed by atoms with van der Waals surface area (Å²) in [5, 5.41) is 0. The molecule has 1 aromatic heterocycles. The van der Waals surface area contributed by atoms with Gasteiger partial charge in [-0.1, -0.05) is 19.8 Å². The molecule has 1 aromatic rings. The van der Waals surface area contributed by atoms with Gasteiger partial charge in [0.15, 0.2) is 0 Å². The van der Waals surface area contributed by atoms with E-state index >= 15 is 0 Å². The molecule has 4 heteroatoms. The highest BCUT2D eigenvalue weighted by Crippen LogP contribution is 2.23. The van der Waals surface area contributed by atoms with Gasteiger partial charge in [-0.05, 0) is 18.1 Å². The molecule has 0 amide bonds. The first-order valence-electron chi connectivity index (χ1n) is 5.37. The van der Waals surface area contributed by atoms with Crippen LogP contribution in [0.1, 0.15) is 37.7 Å². The van der Waals surface area contributed by atoms with Crippen molar-refractivity contribution in [1.82, 2.24) is 4.98 Å². The van der Waals surface area contributed by atoms with E-state index in [0.717, 1.165) is 19.0 Å². The maximum absolute atomic E-state index is 13.0. The first kappa shape index (κ1) is 12.6. The second kappa shape index (κ2) is 6.20. The number of methoxy groups -OCH3 is 1. The van der Waals surface area contributed by atoms with Gasteiger partial charge in [-0.15, -0.1) is 0 Å². The van der Waals surface area contributed by atoms with Crippen molar-refractivity contribution < 1.29 is 13.9 Å². The van der Waals surface area contributed by atoms with Gasteiger partial charge in [0.25, 0.3) is 0 Å². The second-order valence-corrected chi connectivity index (χ2v) is 3.65.